The second kappa shape index (κ2) is 7.81. The summed E-state index contributed by atoms with van der Waals surface area (Å²) in [6.07, 6.45) is -0.425. The number of methoxy groups -OCH3 is 1. The molecule has 1 unspecified atom stereocenters. The number of benzene rings is 2. The number of esters is 1. The van der Waals surface area contributed by atoms with Crippen LogP contribution in [0.5, 0.6) is 0 Å². The van der Waals surface area contributed by atoms with Crippen molar-refractivity contribution < 1.29 is 14.3 Å². The zero-order valence-corrected chi connectivity index (χ0v) is 17.5. The Bertz CT molecular complexity index is 1200. The van der Waals surface area contributed by atoms with Gasteiger partial charge in [-0.3, -0.25) is 4.57 Å². The van der Waals surface area contributed by atoms with Crippen LogP contribution in [0.1, 0.15) is 17.3 Å². The second-order valence-corrected chi connectivity index (χ2v) is 7.54. The number of hydrogen-bond donors (Lipinski definition) is 1. The molecule has 4 rings (SSSR count). The van der Waals surface area contributed by atoms with Crippen molar-refractivity contribution >= 4 is 49.9 Å². The quantitative estimate of drug-likeness (QED) is 0.456. The Balaban J connectivity index is 1.96. The van der Waals surface area contributed by atoms with Gasteiger partial charge < -0.3 is 15.2 Å². The van der Waals surface area contributed by atoms with Crippen LogP contribution in [0.3, 0.4) is 0 Å². The van der Waals surface area contributed by atoms with E-state index in [1.807, 2.05) is 48.5 Å². The summed E-state index contributed by atoms with van der Waals surface area (Å²) in [5.41, 5.74) is 9.69. The molecule has 4 aromatic rings. The summed E-state index contributed by atoms with van der Waals surface area (Å²) >= 11 is 3.43. The van der Waals surface area contributed by atoms with Crippen molar-refractivity contribution in [3.05, 3.63) is 58.6 Å². The molecule has 2 heterocycles. The topological polar surface area (TPSA) is 92.3 Å². The number of ether oxygens (including phenoxy) is 2. The van der Waals surface area contributed by atoms with Crippen molar-refractivity contribution in [2.75, 3.05) is 19.5 Å². The molecule has 0 bridgehead atoms. The minimum atomic E-state index is -0.558. The van der Waals surface area contributed by atoms with E-state index in [1.54, 1.807) is 18.6 Å². The third kappa shape index (κ3) is 3.56. The molecule has 0 radical (unpaired) electrons. The second-order valence-electron chi connectivity index (χ2n) is 6.63. The first-order valence-corrected chi connectivity index (χ1v) is 9.81. The standard InChI is InChI=1S/C21H19BrN4O3/c1-12(11-28-2)29-21(27)17-18-20(25-16-6-4-3-5-15(16)24-18)26(19(17)23)14-9-7-13(22)8-10-14/h3-10,12H,11,23H2,1-2H3. The molecule has 0 spiro atoms. The average molecular weight is 455 g/mol. The maximum atomic E-state index is 13.0. The van der Waals surface area contributed by atoms with Crippen molar-refractivity contribution in [1.29, 1.82) is 0 Å². The van der Waals surface area contributed by atoms with Gasteiger partial charge >= 0.3 is 5.97 Å². The van der Waals surface area contributed by atoms with Crippen LogP contribution in [0.2, 0.25) is 0 Å². The molecule has 1 atom stereocenters. The number of anilines is 1. The predicted octanol–water partition coefficient (Wildman–Crippen LogP) is 4.11. The lowest BCUT2D eigenvalue weighted by atomic mass is 10.2. The lowest BCUT2D eigenvalue weighted by molar-refractivity contribution is 0.0123. The first kappa shape index (κ1) is 19.4. The SMILES string of the molecule is COCC(C)OC(=O)c1c(N)n(-c2ccc(Br)cc2)c2nc3ccccc3nc12. The highest BCUT2D eigenvalue weighted by molar-refractivity contribution is 9.10. The van der Waals surface area contributed by atoms with Crippen molar-refractivity contribution in [3.8, 4) is 5.69 Å². The third-order valence-corrected chi connectivity index (χ3v) is 5.03. The van der Waals surface area contributed by atoms with Gasteiger partial charge in [-0.05, 0) is 43.3 Å². The van der Waals surface area contributed by atoms with Crippen LogP contribution in [0, 0.1) is 0 Å². The molecule has 0 aliphatic rings. The number of rotatable bonds is 5. The molecule has 0 fully saturated rings. The van der Waals surface area contributed by atoms with Gasteiger partial charge in [0, 0.05) is 17.3 Å². The van der Waals surface area contributed by atoms with Gasteiger partial charge in [-0.2, -0.15) is 0 Å². The summed E-state index contributed by atoms with van der Waals surface area (Å²) in [5.74, 6) is -0.329. The van der Waals surface area contributed by atoms with Crippen molar-refractivity contribution in [3.63, 3.8) is 0 Å². The molecule has 0 amide bonds. The van der Waals surface area contributed by atoms with E-state index in [0.29, 0.717) is 22.2 Å². The lowest BCUT2D eigenvalue weighted by Gasteiger charge is -2.12. The Labute approximate surface area is 175 Å². The van der Waals surface area contributed by atoms with E-state index in [2.05, 4.69) is 20.9 Å². The van der Waals surface area contributed by atoms with Gasteiger partial charge in [-0.15, -0.1) is 0 Å². The monoisotopic (exact) mass is 454 g/mol. The maximum Gasteiger partial charge on any atom is 0.344 e. The summed E-state index contributed by atoms with van der Waals surface area (Å²) < 4.78 is 13.2. The maximum absolute atomic E-state index is 13.0. The zero-order valence-electron chi connectivity index (χ0n) is 15.9. The van der Waals surface area contributed by atoms with Crippen LogP contribution < -0.4 is 5.73 Å². The largest absolute Gasteiger partial charge is 0.456 e. The molecule has 148 valence electrons. The molecule has 0 aliphatic carbocycles. The fraction of sp³-hybridized carbons (Fsp3) is 0.190. The van der Waals surface area contributed by atoms with E-state index in [1.165, 1.54) is 0 Å². The molecule has 0 saturated carbocycles. The van der Waals surface area contributed by atoms with Gasteiger partial charge in [0.2, 0.25) is 0 Å². The average Bonchev–Trinajstić information content (AvgIpc) is 2.98. The number of nitrogen functional groups attached to an aromatic ring is 1. The highest BCUT2D eigenvalue weighted by Crippen LogP contribution is 2.32. The Hall–Kier alpha value is -2.97. The molecule has 2 N–H and O–H groups in total. The van der Waals surface area contributed by atoms with Crippen LogP contribution in [0.15, 0.2) is 53.0 Å². The normalized spacial score (nSPS) is 12.4. The van der Waals surface area contributed by atoms with E-state index < -0.39 is 12.1 Å². The molecule has 2 aromatic carbocycles. The molecule has 7 nitrogen and oxygen atoms in total. The highest BCUT2D eigenvalue weighted by atomic mass is 79.9. The van der Waals surface area contributed by atoms with Crippen molar-refractivity contribution in [1.82, 2.24) is 14.5 Å². The van der Waals surface area contributed by atoms with Gasteiger partial charge in [-0.1, -0.05) is 28.1 Å². The summed E-state index contributed by atoms with van der Waals surface area (Å²) in [6.45, 7) is 2.04. The Kier molecular flexibility index (Phi) is 5.21. The number of hydrogen-bond acceptors (Lipinski definition) is 6. The molecule has 29 heavy (non-hydrogen) atoms. The predicted molar refractivity (Wildman–Crippen MR) is 115 cm³/mol. The number of carbonyl (C=O) groups excluding carboxylic acids is 1. The molecule has 2 aromatic heterocycles. The zero-order chi connectivity index (χ0) is 20.5. The van der Waals surface area contributed by atoms with E-state index >= 15 is 0 Å². The smallest absolute Gasteiger partial charge is 0.344 e. The first-order chi connectivity index (χ1) is 14.0. The number of aromatic nitrogens is 3. The van der Waals surface area contributed by atoms with Crippen LogP contribution in [0.25, 0.3) is 27.9 Å². The minimum absolute atomic E-state index is 0.198. The summed E-state index contributed by atoms with van der Waals surface area (Å²) in [5, 5.41) is 0. The summed E-state index contributed by atoms with van der Waals surface area (Å²) in [6, 6.07) is 15.0. The number of fused-ring (bicyclic) bond motifs is 2. The fourth-order valence-corrected chi connectivity index (χ4v) is 3.49. The summed E-state index contributed by atoms with van der Waals surface area (Å²) in [7, 11) is 1.55. The Morgan fingerprint density at radius 1 is 1.14 bits per heavy atom. The Morgan fingerprint density at radius 2 is 1.79 bits per heavy atom. The van der Waals surface area contributed by atoms with E-state index in [4.69, 9.17) is 20.2 Å². The minimum Gasteiger partial charge on any atom is -0.456 e. The molecule has 0 aliphatic heterocycles. The van der Waals surface area contributed by atoms with Crippen molar-refractivity contribution in [2.24, 2.45) is 0 Å². The fourth-order valence-electron chi connectivity index (χ4n) is 3.22. The van der Waals surface area contributed by atoms with Crippen molar-refractivity contribution in [2.45, 2.75) is 13.0 Å². The molecule has 0 saturated heterocycles. The van der Waals surface area contributed by atoms with Crippen LogP contribution in [-0.2, 0) is 9.47 Å². The van der Waals surface area contributed by atoms with Crippen LogP contribution in [0.4, 0.5) is 5.82 Å². The number of nitrogens with two attached hydrogens (primary N) is 1. The highest BCUT2D eigenvalue weighted by Gasteiger charge is 2.27. The van der Waals surface area contributed by atoms with Gasteiger partial charge in [0.15, 0.2) is 5.65 Å². The van der Waals surface area contributed by atoms with Gasteiger partial charge in [0.05, 0.1) is 17.6 Å². The summed E-state index contributed by atoms with van der Waals surface area (Å²) in [4.78, 5) is 22.4. The number of nitrogens with zero attached hydrogens (tertiary/aromatic N) is 3. The van der Waals surface area contributed by atoms with E-state index in [0.717, 1.165) is 10.2 Å². The molecule has 8 heteroatoms. The van der Waals surface area contributed by atoms with Gasteiger partial charge in [-0.25, -0.2) is 14.8 Å². The van der Waals surface area contributed by atoms with Crippen LogP contribution >= 0.6 is 15.9 Å². The number of carbonyl (C=O) groups is 1. The lowest BCUT2D eigenvalue weighted by Crippen LogP contribution is -2.20. The Morgan fingerprint density at radius 3 is 2.45 bits per heavy atom. The van der Waals surface area contributed by atoms with E-state index in [-0.39, 0.29) is 18.0 Å². The van der Waals surface area contributed by atoms with Gasteiger partial charge in [0.1, 0.15) is 23.0 Å². The van der Waals surface area contributed by atoms with Crippen LogP contribution in [-0.4, -0.2) is 40.3 Å². The molecular formula is C21H19BrN4O3. The molecular weight excluding hydrogens is 436 g/mol. The number of halogens is 1. The van der Waals surface area contributed by atoms with Gasteiger partial charge in [0.25, 0.3) is 0 Å². The van der Waals surface area contributed by atoms with E-state index in [9.17, 15) is 4.79 Å². The number of para-hydroxylation sites is 2. The third-order valence-electron chi connectivity index (χ3n) is 4.50. The first-order valence-electron chi connectivity index (χ1n) is 9.02.